The third-order valence-electron chi connectivity index (χ3n) is 4.98. The fraction of sp³-hybridized carbons (Fsp3) is 0.136. The minimum Gasteiger partial charge on any atom is -0.322 e. The lowest BCUT2D eigenvalue weighted by Gasteiger charge is -2.28. The van der Waals surface area contributed by atoms with E-state index in [1.807, 2.05) is 6.07 Å². The van der Waals surface area contributed by atoms with Crippen LogP contribution in [0.4, 0.5) is 10.1 Å². The highest BCUT2D eigenvalue weighted by Gasteiger charge is 2.28. The Hall–Kier alpha value is -2.74. The van der Waals surface area contributed by atoms with Crippen molar-refractivity contribution in [2.24, 2.45) is 0 Å². The quantitative estimate of drug-likeness (QED) is 0.645. The fourth-order valence-electron chi connectivity index (χ4n) is 3.40. The predicted molar refractivity (Wildman–Crippen MR) is 114 cm³/mol. The third-order valence-corrected chi connectivity index (χ3v) is 7.07. The number of fused-ring (bicyclic) bond motifs is 1. The standard InChI is InChI=1S/C22H18ClFN2O3S/c23-18-3-1-2-16(12-18)22(27)25-20-7-4-15-10-11-26(14-17(15)13-20)30(28,29)21-8-5-19(24)6-9-21/h1-9,12-13H,10-11,14H2,(H,25,27). The van der Waals surface area contributed by atoms with Crippen LogP contribution in [-0.4, -0.2) is 25.2 Å². The molecule has 0 saturated carbocycles. The first-order valence-corrected chi connectivity index (χ1v) is 11.1. The number of hydrogen-bond acceptors (Lipinski definition) is 3. The number of nitrogens with zero attached hydrogens (tertiary/aromatic N) is 1. The van der Waals surface area contributed by atoms with E-state index in [1.54, 1.807) is 36.4 Å². The molecule has 0 bridgehead atoms. The van der Waals surface area contributed by atoms with Crippen molar-refractivity contribution in [3.05, 3.63) is 94.3 Å². The number of hydrogen-bond donors (Lipinski definition) is 1. The number of carbonyl (C=O) groups excluding carboxylic acids is 1. The van der Waals surface area contributed by atoms with E-state index in [4.69, 9.17) is 11.6 Å². The van der Waals surface area contributed by atoms with Crippen molar-refractivity contribution in [3.63, 3.8) is 0 Å². The van der Waals surface area contributed by atoms with Crippen LogP contribution >= 0.6 is 11.6 Å². The van der Waals surface area contributed by atoms with Crippen molar-refractivity contribution in [2.45, 2.75) is 17.9 Å². The lowest BCUT2D eigenvalue weighted by molar-refractivity contribution is 0.102. The average Bonchev–Trinajstić information content (AvgIpc) is 2.73. The molecular weight excluding hydrogens is 427 g/mol. The van der Waals surface area contributed by atoms with Crippen LogP contribution in [0.15, 0.2) is 71.6 Å². The van der Waals surface area contributed by atoms with Crippen molar-refractivity contribution in [1.82, 2.24) is 4.31 Å². The van der Waals surface area contributed by atoms with Gasteiger partial charge in [-0.05, 0) is 72.1 Å². The zero-order chi connectivity index (χ0) is 21.3. The summed E-state index contributed by atoms with van der Waals surface area (Å²) in [4.78, 5) is 12.5. The summed E-state index contributed by atoms with van der Waals surface area (Å²) in [6.07, 6.45) is 0.554. The molecule has 1 amide bonds. The van der Waals surface area contributed by atoms with Gasteiger partial charge in [-0.1, -0.05) is 23.7 Å². The number of benzene rings is 3. The molecule has 3 aromatic carbocycles. The molecule has 5 nitrogen and oxygen atoms in total. The number of sulfonamides is 1. The largest absolute Gasteiger partial charge is 0.322 e. The molecular formula is C22H18ClFN2O3S. The van der Waals surface area contributed by atoms with Crippen LogP contribution < -0.4 is 5.32 Å². The summed E-state index contributed by atoms with van der Waals surface area (Å²) in [5, 5.41) is 3.29. The molecule has 0 atom stereocenters. The summed E-state index contributed by atoms with van der Waals surface area (Å²) >= 11 is 5.94. The molecule has 1 aliphatic heterocycles. The van der Waals surface area contributed by atoms with Gasteiger partial charge in [0.25, 0.3) is 5.91 Å². The Kier molecular flexibility index (Phi) is 5.60. The molecule has 1 N–H and O–H groups in total. The monoisotopic (exact) mass is 444 g/mol. The van der Waals surface area contributed by atoms with Crippen LogP contribution in [0, 0.1) is 5.82 Å². The molecule has 0 spiro atoms. The summed E-state index contributed by atoms with van der Waals surface area (Å²) in [6.45, 7) is 0.511. The van der Waals surface area contributed by atoms with Gasteiger partial charge in [-0.2, -0.15) is 4.31 Å². The second-order valence-corrected chi connectivity index (χ2v) is 9.36. The third kappa shape index (κ3) is 4.23. The Labute approximate surface area is 179 Å². The minimum absolute atomic E-state index is 0.0535. The molecule has 0 aromatic heterocycles. The van der Waals surface area contributed by atoms with Crippen molar-refractivity contribution in [2.75, 3.05) is 11.9 Å². The maximum atomic E-state index is 13.2. The first kappa shape index (κ1) is 20.5. The number of amides is 1. The van der Waals surface area contributed by atoms with Crippen LogP contribution in [0.3, 0.4) is 0 Å². The molecule has 4 rings (SSSR count). The fourth-order valence-corrected chi connectivity index (χ4v) is 5.01. The van der Waals surface area contributed by atoms with Gasteiger partial charge >= 0.3 is 0 Å². The van der Waals surface area contributed by atoms with Crippen LogP contribution in [0.25, 0.3) is 0 Å². The van der Waals surface area contributed by atoms with Gasteiger partial charge in [-0.15, -0.1) is 0 Å². The van der Waals surface area contributed by atoms with E-state index >= 15 is 0 Å². The second-order valence-electron chi connectivity index (χ2n) is 6.99. The summed E-state index contributed by atoms with van der Waals surface area (Å²) in [6, 6.07) is 16.9. The smallest absolute Gasteiger partial charge is 0.255 e. The van der Waals surface area contributed by atoms with Gasteiger partial charge in [0.1, 0.15) is 5.82 Å². The van der Waals surface area contributed by atoms with Gasteiger partial charge < -0.3 is 5.32 Å². The van der Waals surface area contributed by atoms with Gasteiger partial charge in [-0.3, -0.25) is 4.79 Å². The SMILES string of the molecule is O=C(Nc1ccc2c(c1)CN(S(=O)(=O)c1ccc(F)cc1)CC2)c1cccc(Cl)c1. The Balaban J connectivity index is 1.55. The van der Waals surface area contributed by atoms with Crippen LogP contribution in [0.2, 0.25) is 5.02 Å². The summed E-state index contributed by atoms with van der Waals surface area (Å²) in [5.74, 6) is -0.790. The molecule has 0 aliphatic carbocycles. The number of rotatable bonds is 4. The number of nitrogens with one attached hydrogen (secondary N) is 1. The van der Waals surface area contributed by atoms with Gasteiger partial charge in [-0.25, -0.2) is 12.8 Å². The van der Waals surface area contributed by atoms with E-state index < -0.39 is 15.8 Å². The van der Waals surface area contributed by atoms with E-state index in [0.29, 0.717) is 29.2 Å². The second kappa shape index (κ2) is 8.18. The minimum atomic E-state index is -3.74. The van der Waals surface area contributed by atoms with E-state index in [9.17, 15) is 17.6 Å². The van der Waals surface area contributed by atoms with E-state index in [0.717, 1.165) is 23.3 Å². The van der Waals surface area contributed by atoms with E-state index in [2.05, 4.69) is 5.32 Å². The normalized spacial score (nSPS) is 14.2. The van der Waals surface area contributed by atoms with E-state index in [1.165, 1.54) is 16.4 Å². The maximum absolute atomic E-state index is 13.2. The highest BCUT2D eigenvalue weighted by Crippen LogP contribution is 2.27. The highest BCUT2D eigenvalue weighted by atomic mass is 35.5. The van der Waals surface area contributed by atoms with Crippen LogP contribution in [-0.2, 0) is 23.0 Å². The van der Waals surface area contributed by atoms with Gasteiger partial charge in [0.15, 0.2) is 0 Å². The first-order chi connectivity index (χ1) is 14.3. The highest BCUT2D eigenvalue weighted by molar-refractivity contribution is 7.89. The van der Waals surface area contributed by atoms with E-state index in [-0.39, 0.29) is 17.3 Å². The molecule has 0 radical (unpaired) electrons. The topological polar surface area (TPSA) is 66.5 Å². The molecule has 0 unspecified atom stereocenters. The number of halogens is 2. The van der Waals surface area contributed by atoms with Gasteiger partial charge in [0, 0.05) is 29.4 Å². The maximum Gasteiger partial charge on any atom is 0.255 e. The number of anilines is 1. The predicted octanol–water partition coefficient (Wildman–Crippen LogP) is 4.48. The summed E-state index contributed by atoms with van der Waals surface area (Å²) < 4.78 is 40.3. The van der Waals surface area contributed by atoms with Crippen molar-refractivity contribution in [1.29, 1.82) is 0 Å². The van der Waals surface area contributed by atoms with Crippen molar-refractivity contribution in [3.8, 4) is 0 Å². The zero-order valence-electron chi connectivity index (χ0n) is 15.8. The van der Waals surface area contributed by atoms with Crippen LogP contribution in [0.5, 0.6) is 0 Å². The van der Waals surface area contributed by atoms with Crippen molar-refractivity contribution >= 4 is 33.2 Å². The molecule has 3 aromatic rings. The van der Waals surface area contributed by atoms with Crippen LogP contribution in [0.1, 0.15) is 21.5 Å². The molecule has 0 fully saturated rings. The Morgan fingerprint density at radius 1 is 1.00 bits per heavy atom. The average molecular weight is 445 g/mol. The summed E-state index contributed by atoms with van der Waals surface area (Å²) in [5.41, 5.74) is 2.85. The molecule has 1 aliphatic rings. The van der Waals surface area contributed by atoms with Gasteiger partial charge in [0.05, 0.1) is 4.90 Å². The Morgan fingerprint density at radius 2 is 1.77 bits per heavy atom. The molecule has 8 heteroatoms. The lowest BCUT2D eigenvalue weighted by atomic mass is 10.0. The Morgan fingerprint density at radius 3 is 2.50 bits per heavy atom. The molecule has 1 heterocycles. The van der Waals surface area contributed by atoms with Crippen molar-refractivity contribution < 1.29 is 17.6 Å². The Bertz CT molecular complexity index is 1210. The zero-order valence-corrected chi connectivity index (χ0v) is 17.4. The van der Waals surface area contributed by atoms with Gasteiger partial charge in [0.2, 0.25) is 10.0 Å². The number of carbonyl (C=O) groups is 1. The summed E-state index contributed by atoms with van der Waals surface area (Å²) in [7, 11) is -3.74. The molecule has 30 heavy (non-hydrogen) atoms. The first-order valence-electron chi connectivity index (χ1n) is 9.27. The lowest BCUT2D eigenvalue weighted by Crippen LogP contribution is -2.36. The molecule has 0 saturated heterocycles. The molecule has 154 valence electrons.